The maximum absolute atomic E-state index is 11.9. The lowest BCUT2D eigenvalue weighted by Gasteiger charge is -2.04. The third kappa shape index (κ3) is 5.67. The molecule has 142 valence electrons. The van der Waals surface area contributed by atoms with Gasteiger partial charge in [-0.3, -0.25) is 9.48 Å². The molecular formula is C19H23N5O3. The molecule has 0 saturated carbocycles. The highest BCUT2D eigenvalue weighted by atomic mass is 16.5. The number of amides is 1. The summed E-state index contributed by atoms with van der Waals surface area (Å²) in [6.45, 7) is 1.43. The number of nitrogens with one attached hydrogen (secondary N) is 1. The first-order chi connectivity index (χ1) is 13.2. The van der Waals surface area contributed by atoms with Gasteiger partial charge in [0.1, 0.15) is 5.75 Å². The first-order valence-corrected chi connectivity index (χ1v) is 8.96. The number of carbonyl (C=O) groups excluding carboxylic acids is 1. The molecule has 0 radical (unpaired) electrons. The van der Waals surface area contributed by atoms with Crippen molar-refractivity contribution in [2.45, 2.75) is 32.2 Å². The topological polar surface area (TPSA) is 95.1 Å². The summed E-state index contributed by atoms with van der Waals surface area (Å²) in [5.41, 5.74) is 0.862. The van der Waals surface area contributed by atoms with Crippen molar-refractivity contribution in [1.82, 2.24) is 25.2 Å². The Balaban J connectivity index is 1.35. The third-order valence-electron chi connectivity index (χ3n) is 4.06. The molecule has 27 heavy (non-hydrogen) atoms. The fraction of sp³-hybridized carbons (Fsp3) is 0.368. The summed E-state index contributed by atoms with van der Waals surface area (Å²) < 4.78 is 12.2. The first kappa shape index (κ1) is 18.6. The van der Waals surface area contributed by atoms with Crippen molar-refractivity contribution in [2.75, 3.05) is 13.7 Å². The van der Waals surface area contributed by atoms with Gasteiger partial charge in [0, 0.05) is 43.9 Å². The van der Waals surface area contributed by atoms with Crippen LogP contribution in [0.5, 0.6) is 5.75 Å². The molecule has 0 aliphatic carbocycles. The number of methoxy groups -OCH3 is 1. The lowest BCUT2D eigenvalue weighted by molar-refractivity contribution is -0.121. The predicted molar refractivity (Wildman–Crippen MR) is 99.1 cm³/mol. The normalized spacial score (nSPS) is 10.7. The van der Waals surface area contributed by atoms with Gasteiger partial charge in [0.25, 0.3) is 0 Å². The lowest BCUT2D eigenvalue weighted by atomic mass is 10.2. The fourth-order valence-corrected chi connectivity index (χ4v) is 2.60. The Morgan fingerprint density at radius 1 is 1.26 bits per heavy atom. The number of aryl methyl sites for hydroxylation is 2. The molecule has 1 aromatic carbocycles. The summed E-state index contributed by atoms with van der Waals surface area (Å²) in [6, 6.07) is 9.34. The number of carbonyl (C=O) groups is 1. The second-order valence-electron chi connectivity index (χ2n) is 6.07. The summed E-state index contributed by atoms with van der Waals surface area (Å²) >= 11 is 0. The molecule has 2 aromatic heterocycles. The Morgan fingerprint density at radius 3 is 2.85 bits per heavy atom. The second-order valence-corrected chi connectivity index (χ2v) is 6.07. The Kier molecular flexibility index (Phi) is 6.56. The zero-order valence-electron chi connectivity index (χ0n) is 15.3. The largest absolute Gasteiger partial charge is 0.497 e. The van der Waals surface area contributed by atoms with E-state index in [0.29, 0.717) is 37.5 Å². The van der Waals surface area contributed by atoms with Gasteiger partial charge in [-0.25, -0.2) is 0 Å². The number of benzene rings is 1. The van der Waals surface area contributed by atoms with Crippen LogP contribution in [-0.4, -0.2) is 39.5 Å². The van der Waals surface area contributed by atoms with Gasteiger partial charge in [-0.1, -0.05) is 5.16 Å². The molecule has 8 nitrogen and oxygen atoms in total. The van der Waals surface area contributed by atoms with Gasteiger partial charge in [0.2, 0.25) is 17.6 Å². The SMILES string of the molecule is COc1ccc(-c2noc(CCCC(=O)NCCCn3cccn3)n2)cc1. The quantitative estimate of drug-likeness (QED) is 0.552. The van der Waals surface area contributed by atoms with E-state index in [9.17, 15) is 4.79 Å². The molecule has 0 unspecified atom stereocenters. The van der Waals surface area contributed by atoms with Crippen LogP contribution in [0.2, 0.25) is 0 Å². The van der Waals surface area contributed by atoms with Crippen LogP contribution in [0.1, 0.15) is 25.2 Å². The number of hydrogen-bond donors (Lipinski definition) is 1. The van der Waals surface area contributed by atoms with Gasteiger partial charge in [-0.15, -0.1) is 0 Å². The summed E-state index contributed by atoms with van der Waals surface area (Å²) in [5, 5.41) is 11.0. The zero-order valence-corrected chi connectivity index (χ0v) is 15.3. The Hall–Kier alpha value is -3.16. The first-order valence-electron chi connectivity index (χ1n) is 8.96. The lowest BCUT2D eigenvalue weighted by Crippen LogP contribution is -2.25. The van der Waals surface area contributed by atoms with Crippen LogP contribution in [0.3, 0.4) is 0 Å². The Labute approximate surface area is 157 Å². The Morgan fingerprint density at radius 2 is 2.11 bits per heavy atom. The van der Waals surface area contributed by atoms with Gasteiger partial charge in [-0.2, -0.15) is 10.1 Å². The number of hydrogen-bond acceptors (Lipinski definition) is 6. The predicted octanol–water partition coefficient (Wildman–Crippen LogP) is 2.47. The van der Waals surface area contributed by atoms with E-state index in [2.05, 4.69) is 20.6 Å². The minimum atomic E-state index is 0.0327. The van der Waals surface area contributed by atoms with Crippen molar-refractivity contribution < 1.29 is 14.1 Å². The molecule has 0 saturated heterocycles. The highest BCUT2D eigenvalue weighted by molar-refractivity contribution is 5.75. The van der Waals surface area contributed by atoms with E-state index in [0.717, 1.165) is 24.3 Å². The number of nitrogens with zero attached hydrogens (tertiary/aromatic N) is 4. The van der Waals surface area contributed by atoms with E-state index in [-0.39, 0.29) is 5.91 Å². The van der Waals surface area contributed by atoms with Gasteiger partial charge in [0.05, 0.1) is 7.11 Å². The smallest absolute Gasteiger partial charge is 0.226 e. The van der Waals surface area contributed by atoms with E-state index in [4.69, 9.17) is 9.26 Å². The molecule has 0 spiro atoms. The van der Waals surface area contributed by atoms with E-state index >= 15 is 0 Å². The number of aromatic nitrogens is 4. The van der Waals surface area contributed by atoms with Crippen molar-refractivity contribution in [3.63, 3.8) is 0 Å². The minimum Gasteiger partial charge on any atom is -0.497 e. The number of rotatable bonds is 10. The van der Waals surface area contributed by atoms with E-state index in [1.54, 1.807) is 13.3 Å². The average molecular weight is 369 g/mol. The summed E-state index contributed by atoms with van der Waals surface area (Å²) in [5.74, 6) is 1.88. The van der Waals surface area contributed by atoms with Gasteiger partial charge in [0.15, 0.2) is 0 Å². The van der Waals surface area contributed by atoms with Crippen LogP contribution in [0.4, 0.5) is 0 Å². The third-order valence-corrected chi connectivity index (χ3v) is 4.06. The molecule has 0 aliphatic heterocycles. The fourth-order valence-electron chi connectivity index (χ4n) is 2.60. The molecule has 0 bridgehead atoms. The Bertz CT molecular complexity index is 827. The summed E-state index contributed by atoms with van der Waals surface area (Å²) in [4.78, 5) is 16.2. The highest BCUT2D eigenvalue weighted by Crippen LogP contribution is 2.20. The van der Waals surface area contributed by atoms with Crippen LogP contribution >= 0.6 is 0 Å². The standard InChI is InChI=1S/C19H23N5O3/c1-26-16-9-7-15(8-10-16)19-22-18(27-23-19)6-2-5-17(25)20-11-3-13-24-14-4-12-21-24/h4,7-10,12,14H,2-3,5-6,11,13H2,1H3,(H,20,25). The van der Waals surface area contributed by atoms with Crippen molar-refractivity contribution in [3.8, 4) is 17.1 Å². The zero-order chi connectivity index (χ0) is 18.9. The van der Waals surface area contributed by atoms with Crippen molar-refractivity contribution in [2.24, 2.45) is 0 Å². The monoisotopic (exact) mass is 369 g/mol. The van der Waals surface area contributed by atoms with Crippen LogP contribution in [0.25, 0.3) is 11.4 Å². The maximum Gasteiger partial charge on any atom is 0.226 e. The van der Waals surface area contributed by atoms with Gasteiger partial charge >= 0.3 is 0 Å². The van der Waals surface area contributed by atoms with Crippen LogP contribution < -0.4 is 10.1 Å². The molecule has 8 heteroatoms. The van der Waals surface area contributed by atoms with Crippen LogP contribution in [-0.2, 0) is 17.8 Å². The van der Waals surface area contributed by atoms with Crippen molar-refractivity contribution >= 4 is 5.91 Å². The summed E-state index contributed by atoms with van der Waals surface area (Å²) in [7, 11) is 1.62. The summed E-state index contributed by atoms with van der Waals surface area (Å²) in [6.07, 6.45) is 6.17. The van der Waals surface area contributed by atoms with Gasteiger partial charge in [-0.05, 0) is 43.2 Å². The van der Waals surface area contributed by atoms with E-state index < -0.39 is 0 Å². The van der Waals surface area contributed by atoms with E-state index in [1.807, 2.05) is 41.2 Å². The number of ether oxygens (including phenoxy) is 1. The molecule has 0 atom stereocenters. The molecule has 3 aromatic rings. The average Bonchev–Trinajstić information content (AvgIpc) is 3.37. The molecule has 0 fully saturated rings. The molecule has 1 amide bonds. The second kappa shape index (κ2) is 9.51. The van der Waals surface area contributed by atoms with Gasteiger partial charge < -0.3 is 14.6 Å². The molecule has 0 aliphatic rings. The molecular weight excluding hydrogens is 346 g/mol. The van der Waals surface area contributed by atoms with Crippen molar-refractivity contribution in [1.29, 1.82) is 0 Å². The van der Waals surface area contributed by atoms with Crippen molar-refractivity contribution in [3.05, 3.63) is 48.6 Å². The molecule has 2 heterocycles. The maximum atomic E-state index is 11.9. The molecule has 1 N–H and O–H groups in total. The minimum absolute atomic E-state index is 0.0327. The van der Waals surface area contributed by atoms with Crippen LogP contribution in [0.15, 0.2) is 47.2 Å². The molecule has 3 rings (SSSR count). The van der Waals surface area contributed by atoms with E-state index in [1.165, 1.54) is 0 Å². The highest BCUT2D eigenvalue weighted by Gasteiger charge is 2.09. The van der Waals surface area contributed by atoms with Crippen LogP contribution in [0, 0.1) is 0 Å².